The molecule has 0 saturated heterocycles. The molecule has 0 radical (unpaired) electrons. The van der Waals surface area contributed by atoms with Crippen LogP contribution in [0.1, 0.15) is 53.3 Å². The van der Waals surface area contributed by atoms with Crippen molar-refractivity contribution in [2.45, 2.75) is 45.1 Å². The molecule has 0 atom stereocenters. The zero-order chi connectivity index (χ0) is 15.4. The van der Waals surface area contributed by atoms with Crippen LogP contribution in [-0.4, -0.2) is 27.9 Å². The Kier molecular flexibility index (Phi) is 4.51. The highest BCUT2D eigenvalue weighted by atomic mass is 16.5. The second kappa shape index (κ2) is 6.73. The third kappa shape index (κ3) is 3.53. The van der Waals surface area contributed by atoms with E-state index in [4.69, 9.17) is 4.74 Å². The molecule has 1 heterocycles. The Morgan fingerprint density at radius 2 is 2.05 bits per heavy atom. The van der Waals surface area contributed by atoms with Gasteiger partial charge in [0.1, 0.15) is 11.4 Å². The van der Waals surface area contributed by atoms with Gasteiger partial charge < -0.3 is 4.74 Å². The molecule has 1 saturated carbocycles. The maximum atomic E-state index is 11.0. The van der Waals surface area contributed by atoms with Crippen LogP contribution in [-0.2, 0) is 6.54 Å². The molecule has 5 nitrogen and oxygen atoms in total. The Labute approximate surface area is 130 Å². The zero-order valence-electron chi connectivity index (χ0n) is 12.9. The van der Waals surface area contributed by atoms with Gasteiger partial charge in [-0.25, -0.2) is 4.68 Å². The number of benzene rings is 1. The fraction of sp³-hybridized carbons (Fsp3) is 0.471. The van der Waals surface area contributed by atoms with E-state index in [0.29, 0.717) is 18.2 Å². The van der Waals surface area contributed by atoms with Gasteiger partial charge in [0.05, 0.1) is 12.3 Å². The average Bonchev–Trinajstić information content (AvgIpc) is 3.29. The number of aldehydes is 1. The van der Waals surface area contributed by atoms with Crippen molar-refractivity contribution in [2.75, 3.05) is 6.61 Å². The molecule has 0 spiro atoms. The molecule has 2 aromatic rings. The van der Waals surface area contributed by atoms with E-state index in [1.807, 2.05) is 28.9 Å². The fourth-order valence-electron chi connectivity index (χ4n) is 2.55. The van der Waals surface area contributed by atoms with Crippen LogP contribution in [0.4, 0.5) is 0 Å². The van der Waals surface area contributed by atoms with Crippen LogP contribution in [0, 0.1) is 6.92 Å². The van der Waals surface area contributed by atoms with Crippen molar-refractivity contribution in [1.82, 2.24) is 15.0 Å². The fourth-order valence-corrected chi connectivity index (χ4v) is 2.55. The number of carbonyl (C=O) groups is 1. The Bertz CT molecular complexity index is 630. The topological polar surface area (TPSA) is 57.0 Å². The molecule has 116 valence electrons. The van der Waals surface area contributed by atoms with Crippen molar-refractivity contribution in [3.63, 3.8) is 0 Å². The van der Waals surface area contributed by atoms with Gasteiger partial charge in [0.2, 0.25) is 0 Å². The highest BCUT2D eigenvalue weighted by Crippen LogP contribution is 2.40. The van der Waals surface area contributed by atoms with Gasteiger partial charge in [-0.05, 0) is 44.7 Å². The van der Waals surface area contributed by atoms with E-state index in [9.17, 15) is 4.79 Å². The van der Waals surface area contributed by atoms with Crippen LogP contribution in [0.15, 0.2) is 24.3 Å². The molecule has 1 aromatic heterocycles. The normalized spacial score (nSPS) is 14.0. The van der Waals surface area contributed by atoms with Gasteiger partial charge in [-0.1, -0.05) is 22.9 Å². The summed E-state index contributed by atoms with van der Waals surface area (Å²) in [5.74, 6) is 1.40. The van der Waals surface area contributed by atoms with Crippen molar-refractivity contribution in [3.05, 3.63) is 41.2 Å². The molecule has 5 heteroatoms. The molecule has 1 aliphatic carbocycles. The minimum absolute atomic E-state index is 0.485. The van der Waals surface area contributed by atoms with Gasteiger partial charge in [-0.2, -0.15) is 0 Å². The lowest BCUT2D eigenvalue weighted by Crippen LogP contribution is -2.07. The first-order valence-electron chi connectivity index (χ1n) is 7.86. The predicted octanol–water partition coefficient (Wildman–Crippen LogP) is 3.14. The monoisotopic (exact) mass is 299 g/mol. The van der Waals surface area contributed by atoms with Crippen molar-refractivity contribution in [1.29, 1.82) is 0 Å². The predicted molar refractivity (Wildman–Crippen MR) is 83.3 cm³/mol. The number of aryl methyl sites for hydroxylation is 2. The van der Waals surface area contributed by atoms with Crippen LogP contribution >= 0.6 is 0 Å². The molecular formula is C17H21N3O2. The molecule has 1 aliphatic rings. The first kappa shape index (κ1) is 14.8. The summed E-state index contributed by atoms with van der Waals surface area (Å²) in [6.07, 6.45) is 5.02. The summed E-state index contributed by atoms with van der Waals surface area (Å²) >= 11 is 0. The van der Waals surface area contributed by atoms with Crippen molar-refractivity contribution in [3.8, 4) is 5.75 Å². The second-order valence-electron chi connectivity index (χ2n) is 5.84. The van der Waals surface area contributed by atoms with Gasteiger partial charge in [-0.3, -0.25) is 4.79 Å². The maximum absolute atomic E-state index is 11.0. The van der Waals surface area contributed by atoms with Gasteiger partial charge in [0.25, 0.3) is 0 Å². The minimum Gasteiger partial charge on any atom is -0.494 e. The molecule has 0 unspecified atom stereocenters. The van der Waals surface area contributed by atoms with Crippen LogP contribution in [0.2, 0.25) is 0 Å². The van der Waals surface area contributed by atoms with E-state index in [1.165, 1.54) is 5.56 Å². The molecular weight excluding hydrogens is 278 g/mol. The van der Waals surface area contributed by atoms with E-state index >= 15 is 0 Å². The molecule has 22 heavy (non-hydrogen) atoms. The number of rotatable bonds is 8. The highest BCUT2D eigenvalue weighted by Gasteiger charge is 2.30. The van der Waals surface area contributed by atoms with Gasteiger partial charge in [0, 0.05) is 12.5 Å². The van der Waals surface area contributed by atoms with E-state index in [-0.39, 0.29) is 0 Å². The molecule has 1 fully saturated rings. The summed E-state index contributed by atoms with van der Waals surface area (Å²) in [6.45, 7) is 3.55. The molecule has 0 bridgehead atoms. The zero-order valence-corrected chi connectivity index (χ0v) is 12.9. The maximum Gasteiger partial charge on any atom is 0.172 e. The quantitative estimate of drug-likeness (QED) is 0.555. The summed E-state index contributed by atoms with van der Waals surface area (Å²) in [6, 6.07) is 8.09. The Morgan fingerprint density at radius 3 is 2.73 bits per heavy atom. The number of hydrogen-bond donors (Lipinski definition) is 0. The third-order valence-electron chi connectivity index (χ3n) is 3.93. The minimum atomic E-state index is 0.485. The third-order valence-corrected chi connectivity index (χ3v) is 3.93. The summed E-state index contributed by atoms with van der Waals surface area (Å²) < 4.78 is 7.61. The average molecular weight is 299 g/mol. The Hall–Kier alpha value is -2.17. The second-order valence-corrected chi connectivity index (χ2v) is 5.84. The number of nitrogens with zero attached hydrogens (tertiary/aromatic N) is 3. The standard InChI is InChI=1S/C17H21N3O2/c1-13-4-8-15(9-5-13)22-11-3-2-10-20-17(14-6-7-14)16(12-21)18-19-20/h4-5,8-9,12,14H,2-3,6-7,10-11H2,1H3. The Balaban J connectivity index is 1.44. The largest absolute Gasteiger partial charge is 0.494 e. The number of unbranched alkanes of at least 4 members (excludes halogenated alkanes) is 1. The van der Waals surface area contributed by atoms with Crippen LogP contribution in [0.5, 0.6) is 5.75 Å². The van der Waals surface area contributed by atoms with Crippen LogP contribution < -0.4 is 4.74 Å². The van der Waals surface area contributed by atoms with Gasteiger partial charge >= 0.3 is 0 Å². The lowest BCUT2D eigenvalue weighted by molar-refractivity contribution is 0.111. The van der Waals surface area contributed by atoms with Crippen LogP contribution in [0.25, 0.3) is 0 Å². The summed E-state index contributed by atoms with van der Waals surface area (Å²) in [7, 11) is 0. The summed E-state index contributed by atoms with van der Waals surface area (Å²) in [5.41, 5.74) is 2.77. The van der Waals surface area contributed by atoms with Gasteiger partial charge in [-0.15, -0.1) is 5.10 Å². The summed E-state index contributed by atoms with van der Waals surface area (Å²) in [4.78, 5) is 11.0. The first-order valence-corrected chi connectivity index (χ1v) is 7.86. The first-order chi connectivity index (χ1) is 10.8. The van der Waals surface area contributed by atoms with Crippen molar-refractivity contribution >= 4 is 6.29 Å². The number of aromatic nitrogens is 3. The molecule has 3 rings (SSSR count). The number of hydrogen-bond acceptors (Lipinski definition) is 4. The van der Waals surface area contributed by atoms with Crippen LogP contribution in [0.3, 0.4) is 0 Å². The van der Waals surface area contributed by atoms with E-state index in [2.05, 4.69) is 17.2 Å². The highest BCUT2D eigenvalue weighted by molar-refractivity contribution is 5.73. The van der Waals surface area contributed by atoms with E-state index in [0.717, 1.165) is 50.0 Å². The van der Waals surface area contributed by atoms with Crippen molar-refractivity contribution < 1.29 is 9.53 Å². The molecule has 0 amide bonds. The molecule has 0 N–H and O–H groups in total. The smallest absolute Gasteiger partial charge is 0.172 e. The molecule has 0 aliphatic heterocycles. The van der Waals surface area contributed by atoms with Gasteiger partial charge in [0.15, 0.2) is 6.29 Å². The Morgan fingerprint density at radius 1 is 1.27 bits per heavy atom. The number of carbonyl (C=O) groups excluding carboxylic acids is 1. The SMILES string of the molecule is Cc1ccc(OCCCCn2nnc(C=O)c2C2CC2)cc1. The summed E-state index contributed by atoms with van der Waals surface area (Å²) in [5, 5.41) is 8.07. The van der Waals surface area contributed by atoms with E-state index in [1.54, 1.807) is 0 Å². The number of ether oxygens (including phenoxy) is 1. The lowest BCUT2D eigenvalue weighted by Gasteiger charge is -2.08. The lowest BCUT2D eigenvalue weighted by atomic mass is 10.2. The van der Waals surface area contributed by atoms with Crippen molar-refractivity contribution in [2.24, 2.45) is 0 Å². The molecule has 1 aromatic carbocycles. The van der Waals surface area contributed by atoms with E-state index < -0.39 is 0 Å².